The third-order valence-electron chi connectivity index (χ3n) is 8.49. The third kappa shape index (κ3) is 7.55. The molecule has 0 aliphatic heterocycles. The van der Waals surface area contributed by atoms with Crippen molar-refractivity contribution in [2.24, 2.45) is 20.5 Å². The van der Waals surface area contributed by atoms with Gasteiger partial charge in [-0.05, 0) is 108 Å². The molecule has 0 saturated carbocycles. The normalized spacial score (nSPS) is 12.4. The fraction of sp³-hybridized carbons (Fsp3) is 0.0588. The molecule has 0 radical (unpaired) electrons. The van der Waals surface area contributed by atoms with Gasteiger partial charge in [0, 0.05) is 22.1 Å². The number of phenolic OH excluding ortho intramolecular Hbond substituents is 2. The number of aryl methyl sites for hydroxylation is 2. The number of aromatic hydroxyl groups is 2. The predicted molar refractivity (Wildman–Crippen MR) is 205 cm³/mol. The molecule has 0 atom stereocenters. The number of rotatable bonds is 9. The SMILES string of the molecule is Cc1cc(-c2ccc(N=Nc3c([SH](=O)=O)cc4cc(S(=O)(=O)O)cc(N)c4c3O)c(C)c2)ccc1N=Nc1c([SH](=O)=O)cc2cc([SH](=O)=O)cc(N)c2c1O. The Balaban J connectivity index is 1.31. The van der Waals surface area contributed by atoms with Gasteiger partial charge in [0.2, 0.25) is 0 Å². The van der Waals surface area contributed by atoms with Crippen molar-refractivity contribution in [2.45, 2.75) is 33.4 Å². The summed E-state index contributed by atoms with van der Waals surface area (Å²) in [7, 11) is -14.4. The average molecular weight is 825 g/mol. The van der Waals surface area contributed by atoms with Crippen LogP contribution in [0.25, 0.3) is 32.7 Å². The lowest BCUT2D eigenvalue weighted by atomic mass is 10.0. The smallest absolute Gasteiger partial charge is 0.294 e. The number of anilines is 2. The van der Waals surface area contributed by atoms with Gasteiger partial charge in [0.15, 0.2) is 43.6 Å². The molecular formula is C34H28N6O11S4. The van der Waals surface area contributed by atoms with Crippen LogP contribution in [-0.4, -0.2) is 48.4 Å². The molecule has 0 heterocycles. The Kier molecular flexibility index (Phi) is 10.3. The Morgan fingerprint density at radius 2 is 1.00 bits per heavy atom. The first-order valence-electron chi connectivity index (χ1n) is 15.5. The molecule has 21 heteroatoms. The van der Waals surface area contributed by atoms with E-state index in [-0.39, 0.29) is 43.5 Å². The number of azo groups is 2. The van der Waals surface area contributed by atoms with E-state index in [1.54, 1.807) is 50.2 Å². The van der Waals surface area contributed by atoms with Crippen molar-refractivity contribution in [3.8, 4) is 22.6 Å². The Labute approximate surface area is 316 Å². The molecule has 0 saturated heterocycles. The number of hydrogen-bond donors (Lipinski definition) is 8. The van der Waals surface area contributed by atoms with Gasteiger partial charge in [-0.2, -0.15) is 18.6 Å². The highest BCUT2D eigenvalue weighted by Crippen LogP contribution is 2.45. The summed E-state index contributed by atoms with van der Waals surface area (Å²) in [6.45, 7) is 3.46. The van der Waals surface area contributed by atoms with Crippen LogP contribution in [-0.2, 0) is 42.2 Å². The monoisotopic (exact) mass is 824 g/mol. The van der Waals surface area contributed by atoms with Gasteiger partial charge in [0.05, 0.1) is 31.0 Å². The van der Waals surface area contributed by atoms with E-state index in [0.717, 1.165) is 41.5 Å². The van der Waals surface area contributed by atoms with E-state index in [0.29, 0.717) is 22.5 Å². The van der Waals surface area contributed by atoms with Gasteiger partial charge in [0.1, 0.15) is 11.4 Å². The molecule has 7 N–H and O–H groups in total. The zero-order valence-corrected chi connectivity index (χ0v) is 31.7. The topological polar surface area (TPSA) is 299 Å². The van der Waals surface area contributed by atoms with Crippen LogP contribution in [0.5, 0.6) is 11.5 Å². The van der Waals surface area contributed by atoms with E-state index in [4.69, 9.17) is 11.5 Å². The highest BCUT2D eigenvalue weighted by molar-refractivity contribution is 7.85. The number of phenols is 2. The van der Waals surface area contributed by atoms with Crippen molar-refractivity contribution in [1.29, 1.82) is 0 Å². The quantitative estimate of drug-likeness (QED) is 0.0368. The van der Waals surface area contributed by atoms with E-state index in [1.807, 2.05) is 0 Å². The predicted octanol–water partition coefficient (Wildman–Crippen LogP) is 5.84. The fourth-order valence-electron chi connectivity index (χ4n) is 5.85. The molecule has 0 unspecified atom stereocenters. The molecule has 17 nitrogen and oxygen atoms in total. The number of nitrogens with zero attached hydrogens (tertiary/aromatic N) is 4. The number of benzene rings is 6. The van der Waals surface area contributed by atoms with Gasteiger partial charge in [-0.25, -0.2) is 25.3 Å². The van der Waals surface area contributed by atoms with E-state index in [1.165, 1.54) is 6.07 Å². The van der Waals surface area contributed by atoms with E-state index in [9.17, 15) is 48.4 Å². The van der Waals surface area contributed by atoms with Crippen LogP contribution < -0.4 is 11.5 Å². The maximum absolute atomic E-state index is 12.1. The zero-order valence-electron chi connectivity index (χ0n) is 28.2. The number of thiol groups is 3. The maximum Gasteiger partial charge on any atom is 0.294 e. The lowest BCUT2D eigenvalue weighted by Gasteiger charge is -2.11. The second-order valence-electron chi connectivity index (χ2n) is 12.1. The molecule has 0 fully saturated rings. The molecule has 6 aromatic rings. The molecule has 0 amide bonds. The largest absolute Gasteiger partial charge is 0.505 e. The molecule has 284 valence electrons. The summed E-state index contributed by atoms with van der Waals surface area (Å²) >= 11 is 0. The Hall–Kier alpha value is -6.00. The van der Waals surface area contributed by atoms with Crippen LogP contribution in [0.1, 0.15) is 11.1 Å². The lowest BCUT2D eigenvalue weighted by molar-refractivity contribution is 0.479. The van der Waals surface area contributed by atoms with Gasteiger partial charge >= 0.3 is 0 Å². The van der Waals surface area contributed by atoms with Crippen molar-refractivity contribution in [3.63, 3.8) is 0 Å². The van der Waals surface area contributed by atoms with Crippen molar-refractivity contribution >= 4 is 97.9 Å². The average Bonchev–Trinajstić information content (AvgIpc) is 3.10. The summed E-state index contributed by atoms with van der Waals surface area (Å²) in [5.74, 6) is -1.25. The number of nitrogen functional groups attached to an aromatic ring is 2. The minimum Gasteiger partial charge on any atom is -0.505 e. The Bertz CT molecular complexity index is 3040. The van der Waals surface area contributed by atoms with Gasteiger partial charge in [0.25, 0.3) is 10.1 Å². The number of fused-ring (bicyclic) bond motifs is 2. The van der Waals surface area contributed by atoms with Gasteiger partial charge in [-0.3, -0.25) is 4.55 Å². The second-order valence-corrected chi connectivity index (χ2v) is 16.5. The molecule has 55 heavy (non-hydrogen) atoms. The van der Waals surface area contributed by atoms with Crippen LogP contribution in [0.4, 0.5) is 34.1 Å². The Morgan fingerprint density at radius 1 is 0.564 bits per heavy atom. The molecule has 6 rings (SSSR count). The van der Waals surface area contributed by atoms with Crippen molar-refractivity contribution in [2.75, 3.05) is 11.5 Å². The molecule has 0 bridgehead atoms. The maximum atomic E-state index is 12.1. The first-order valence-corrected chi connectivity index (χ1v) is 20.5. The van der Waals surface area contributed by atoms with Gasteiger partial charge in [-0.15, -0.1) is 10.2 Å². The van der Waals surface area contributed by atoms with Crippen LogP contribution in [0, 0.1) is 13.8 Å². The van der Waals surface area contributed by atoms with Gasteiger partial charge < -0.3 is 21.7 Å². The summed E-state index contributed by atoms with van der Waals surface area (Å²) < 4.78 is 104. The minimum atomic E-state index is -4.69. The highest BCUT2D eigenvalue weighted by Gasteiger charge is 2.21. The van der Waals surface area contributed by atoms with Crippen LogP contribution in [0.3, 0.4) is 0 Å². The molecular weight excluding hydrogens is 797 g/mol. The van der Waals surface area contributed by atoms with Crippen molar-refractivity contribution in [1.82, 2.24) is 0 Å². The van der Waals surface area contributed by atoms with Crippen LogP contribution in [0.2, 0.25) is 0 Å². The standard InChI is InChI=1S/C34H28N6O11S4/c1-15-7-17(3-5-25(15)37-39-31-27(53(45)46)11-19-9-21(52(43)44)13-23(35)29(19)33(31)41)18-4-6-26(16(2)8-18)38-40-32-28(54(47)48)12-20-10-22(55(49,50)51)14-24(36)30(20)34(32)42/h3-14,41-42,52-54H,35-36H2,1-2H3,(H,49,50,51). The molecule has 0 aromatic heterocycles. The van der Waals surface area contributed by atoms with E-state index >= 15 is 0 Å². The van der Waals surface area contributed by atoms with Crippen molar-refractivity contribution < 1.29 is 48.4 Å². The fourth-order valence-corrected chi connectivity index (χ4v) is 8.02. The molecule has 0 aliphatic carbocycles. The third-order valence-corrected chi connectivity index (χ3v) is 11.5. The van der Waals surface area contributed by atoms with E-state index < -0.39 is 74.1 Å². The highest BCUT2D eigenvalue weighted by atomic mass is 32.2. The zero-order chi connectivity index (χ0) is 40.1. The number of hydrogen-bond acceptors (Lipinski definition) is 16. The van der Waals surface area contributed by atoms with Crippen molar-refractivity contribution in [3.05, 3.63) is 83.9 Å². The van der Waals surface area contributed by atoms with E-state index in [2.05, 4.69) is 20.5 Å². The summed E-state index contributed by atoms with van der Waals surface area (Å²) in [5, 5.41) is 38.3. The summed E-state index contributed by atoms with van der Waals surface area (Å²) in [5.41, 5.74) is 14.1. The summed E-state index contributed by atoms with van der Waals surface area (Å²) in [6.07, 6.45) is 0. The second kappa shape index (κ2) is 14.7. The molecule has 0 spiro atoms. The minimum absolute atomic E-state index is 0.0116. The Morgan fingerprint density at radius 3 is 1.40 bits per heavy atom. The summed E-state index contributed by atoms with van der Waals surface area (Å²) in [4.78, 5) is -1.61. The first-order chi connectivity index (χ1) is 25.8. The van der Waals surface area contributed by atoms with Crippen LogP contribution in [0.15, 0.2) is 113 Å². The first kappa shape index (κ1) is 38.7. The molecule has 6 aromatic carbocycles. The van der Waals surface area contributed by atoms with Crippen LogP contribution >= 0.6 is 0 Å². The number of nitrogens with two attached hydrogens (primary N) is 2. The summed E-state index contributed by atoms with van der Waals surface area (Å²) in [6, 6.07) is 16.6. The molecule has 0 aliphatic rings. The van der Waals surface area contributed by atoms with Gasteiger partial charge in [-0.1, -0.05) is 12.1 Å². The lowest BCUT2D eigenvalue weighted by Crippen LogP contribution is -2.00.